The molecule has 0 radical (unpaired) electrons. The van der Waals surface area contributed by atoms with Gasteiger partial charge in [-0.1, -0.05) is 12.1 Å². The Morgan fingerprint density at radius 1 is 1.24 bits per heavy atom. The Kier molecular flexibility index (Phi) is 4.68. The van der Waals surface area contributed by atoms with E-state index in [1.165, 1.54) is 0 Å². The molecule has 2 atom stereocenters. The fraction of sp³-hybridized carbons (Fsp3) is 0.450. The van der Waals surface area contributed by atoms with Gasteiger partial charge in [0.2, 0.25) is 11.8 Å². The van der Waals surface area contributed by atoms with Gasteiger partial charge in [0.1, 0.15) is 11.6 Å². The molecule has 150 valence electrons. The second-order valence-electron chi connectivity index (χ2n) is 7.87. The number of piperidine rings is 2. The zero-order valence-corrected chi connectivity index (χ0v) is 15.8. The van der Waals surface area contributed by atoms with Gasteiger partial charge < -0.3 is 5.73 Å². The lowest BCUT2D eigenvalue weighted by Gasteiger charge is -2.35. The highest BCUT2D eigenvalue weighted by atomic mass is 16.2. The van der Waals surface area contributed by atoms with Gasteiger partial charge in [-0.05, 0) is 37.4 Å². The van der Waals surface area contributed by atoms with Crippen molar-refractivity contribution < 1.29 is 19.2 Å². The van der Waals surface area contributed by atoms with Crippen LogP contribution in [-0.4, -0.2) is 58.1 Å². The molecule has 0 aliphatic carbocycles. The Balaban J connectivity index is 1.61. The number of hydrogen-bond donors (Lipinski definition) is 2. The lowest BCUT2D eigenvalue weighted by Crippen LogP contribution is -2.54. The van der Waals surface area contributed by atoms with E-state index in [-0.39, 0.29) is 24.0 Å². The number of carbonyl (C=O) groups is 4. The number of benzene rings is 1. The lowest BCUT2D eigenvalue weighted by molar-refractivity contribution is -0.136. The Morgan fingerprint density at radius 3 is 2.76 bits per heavy atom. The summed E-state index contributed by atoms with van der Waals surface area (Å²) in [5.74, 6) is -2.08. The third-order valence-electron chi connectivity index (χ3n) is 5.77. The van der Waals surface area contributed by atoms with Gasteiger partial charge in [0, 0.05) is 19.5 Å². The Bertz CT molecular complexity index is 968. The molecule has 4 rings (SSSR count). The first-order valence-electron chi connectivity index (χ1n) is 9.59. The molecular weight excluding hydrogens is 374 g/mol. The monoisotopic (exact) mass is 395 g/mol. The molecule has 9 nitrogen and oxygen atoms in total. The van der Waals surface area contributed by atoms with Crippen LogP contribution in [0.1, 0.15) is 52.0 Å². The summed E-state index contributed by atoms with van der Waals surface area (Å²) in [4.78, 5) is 52.6. The van der Waals surface area contributed by atoms with Crippen LogP contribution in [0.2, 0.25) is 0 Å². The minimum atomic E-state index is -0.988. The molecule has 0 aromatic heterocycles. The second kappa shape index (κ2) is 7.06. The number of hydrogen-bond acceptors (Lipinski definition) is 7. The van der Waals surface area contributed by atoms with Gasteiger partial charge >= 0.3 is 0 Å². The SMILES string of the molecule is N#CC1(N)CCCN(Cc2cccc3c2C(=O)N(C2CCC(=O)NC2=O)C3=O)C1. The zero-order chi connectivity index (χ0) is 20.8. The largest absolute Gasteiger partial charge is 0.312 e. The molecule has 0 spiro atoms. The van der Waals surface area contributed by atoms with Crippen LogP contribution in [0.5, 0.6) is 0 Å². The van der Waals surface area contributed by atoms with Gasteiger partial charge in [0.25, 0.3) is 11.8 Å². The summed E-state index contributed by atoms with van der Waals surface area (Å²) in [6.45, 7) is 1.50. The number of amides is 4. The lowest BCUT2D eigenvalue weighted by atomic mass is 9.91. The number of nitrogens with zero attached hydrogens (tertiary/aromatic N) is 3. The molecule has 3 aliphatic heterocycles. The number of nitrogens with two attached hydrogens (primary N) is 1. The first kappa shape index (κ1) is 19.2. The smallest absolute Gasteiger partial charge is 0.262 e. The van der Waals surface area contributed by atoms with E-state index in [1.807, 2.05) is 4.90 Å². The average Bonchev–Trinajstić information content (AvgIpc) is 2.94. The highest BCUT2D eigenvalue weighted by Crippen LogP contribution is 2.31. The zero-order valence-electron chi connectivity index (χ0n) is 15.8. The van der Waals surface area contributed by atoms with Crippen LogP contribution in [0.3, 0.4) is 0 Å². The van der Waals surface area contributed by atoms with Crippen LogP contribution in [0, 0.1) is 11.3 Å². The van der Waals surface area contributed by atoms with Crippen molar-refractivity contribution >= 4 is 23.6 Å². The predicted molar refractivity (Wildman–Crippen MR) is 100 cm³/mol. The van der Waals surface area contributed by atoms with Crippen molar-refractivity contribution in [1.82, 2.24) is 15.1 Å². The Morgan fingerprint density at radius 2 is 2.03 bits per heavy atom. The van der Waals surface area contributed by atoms with Gasteiger partial charge in [-0.2, -0.15) is 5.26 Å². The normalized spacial score (nSPS) is 27.6. The maximum absolute atomic E-state index is 13.1. The topological polar surface area (TPSA) is 137 Å². The van der Waals surface area contributed by atoms with Gasteiger partial charge in [0.05, 0.1) is 17.2 Å². The first-order chi connectivity index (χ1) is 13.8. The molecule has 2 saturated heterocycles. The van der Waals surface area contributed by atoms with E-state index >= 15 is 0 Å². The van der Waals surface area contributed by atoms with E-state index in [2.05, 4.69) is 11.4 Å². The van der Waals surface area contributed by atoms with Crippen molar-refractivity contribution in [3.05, 3.63) is 34.9 Å². The summed E-state index contributed by atoms with van der Waals surface area (Å²) in [5, 5.41) is 11.5. The summed E-state index contributed by atoms with van der Waals surface area (Å²) >= 11 is 0. The molecular formula is C20H21N5O4. The number of carbonyl (C=O) groups excluding carboxylic acids is 4. The molecule has 0 saturated carbocycles. The molecule has 1 aromatic carbocycles. The summed E-state index contributed by atoms with van der Waals surface area (Å²) in [7, 11) is 0. The second-order valence-corrected chi connectivity index (χ2v) is 7.87. The van der Waals surface area contributed by atoms with E-state index in [0.717, 1.165) is 17.9 Å². The number of nitriles is 1. The molecule has 2 unspecified atom stereocenters. The van der Waals surface area contributed by atoms with Gasteiger partial charge in [0.15, 0.2) is 0 Å². The third-order valence-corrected chi connectivity index (χ3v) is 5.77. The van der Waals surface area contributed by atoms with E-state index in [9.17, 15) is 24.4 Å². The third kappa shape index (κ3) is 3.30. The number of rotatable bonds is 3. The minimum absolute atomic E-state index is 0.0805. The summed E-state index contributed by atoms with van der Waals surface area (Å²) in [6.07, 6.45) is 1.59. The van der Waals surface area contributed by atoms with E-state index < -0.39 is 35.2 Å². The number of likely N-dealkylation sites (tertiary alicyclic amines) is 1. The van der Waals surface area contributed by atoms with Gasteiger partial charge in [-0.3, -0.25) is 34.3 Å². The average molecular weight is 395 g/mol. The Hall–Kier alpha value is -3.09. The van der Waals surface area contributed by atoms with Gasteiger partial charge in [-0.15, -0.1) is 0 Å². The number of fused-ring (bicyclic) bond motifs is 1. The summed E-state index contributed by atoms with van der Waals surface area (Å²) in [6, 6.07) is 6.22. The van der Waals surface area contributed by atoms with Crippen LogP contribution in [-0.2, 0) is 16.1 Å². The minimum Gasteiger partial charge on any atom is -0.312 e. The van der Waals surface area contributed by atoms with Gasteiger partial charge in [-0.25, -0.2) is 0 Å². The van der Waals surface area contributed by atoms with Crippen molar-refractivity contribution in [3.8, 4) is 6.07 Å². The number of imide groups is 2. The molecule has 1 aromatic rings. The van der Waals surface area contributed by atoms with E-state index in [1.54, 1.807) is 18.2 Å². The fourth-order valence-electron chi connectivity index (χ4n) is 4.36. The molecule has 0 bridgehead atoms. The highest BCUT2D eigenvalue weighted by molar-refractivity contribution is 6.24. The maximum Gasteiger partial charge on any atom is 0.262 e. The molecule has 3 aliphatic rings. The van der Waals surface area contributed by atoms with Crippen molar-refractivity contribution in [2.45, 2.75) is 43.8 Å². The molecule has 2 fully saturated rings. The molecule has 29 heavy (non-hydrogen) atoms. The van der Waals surface area contributed by atoms with E-state index in [4.69, 9.17) is 5.73 Å². The van der Waals surface area contributed by atoms with Crippen LogP contribution in [0.15, 0.2) is 18.2 Å². The van der Waals surface area contributed by atoms with Crippen molar-refractivity contribution in [2.75, 3.05) is 13.1 Å². The summed E-state index contributed by atoms with van der Waals surface area (Å²) < 4.78 is 0. The molecule has 3 N–H and O–H groups in total. The standard InChI is InChI=1S/C20H21N5O4/c21-10-20(22)7-2-8-24(11-20)9-12-3-1-4-13-16(12)19(29)25(18(13)28)14-5-6-15(26)23-17(14)27/h1,3-4,14H,2,5-9,11,22H2,(H,23,26,27). The molecule has 4 amide bonds. The maximum atomic E-state index is 13.1. The van der Waals surface area contributed by atoms with Crippen LogP contribution in [0.4, 0.5) is 0 Å². The van der Waals surface area contributed by atoms with Crippen LogP contribution < -0.4 is 11.1 Å². The van der Waals surface area contributed by atoms with Crippen molar-refractivity contribution in [1.29, 1.82) is 5.26 Å². The first-order valence-corrected chi connectivity index (χ1v) is 9.59. The van der Waals surface area contributed by atoms with E-state index in [0.29, 0.717) is 25.1 Å². The number of nitrogens with one attached hydrogen (secondary N) is 1. The highest BCUT2D eigenvalue weighted by Gasteiger charge is 2.45. The molecule has 9 heteroatoms. The van der Waals surface area contributed by atoms with Crippen LogP contribution >= 0.6 is 0 Å². The fourth-order valence-corrected chi connectivity index (χ4v) is 4.36. The van der Waals surface area contributed by atoms with Crippen LogP contribution in [0.25, 0.3) is 0 Å². The predicted octanol–water partition coefficient (Wildman–Crippen LogP) is -0.0953. The Labute approximate surface area is 167 Å². The van der Waals surface area contributed by atoms with Crippen molar-refractivity contribution in [2.24, 2.45) is 5.73 Å². The molecule has 3 heterocycles. The van der Waals surface area contributed by atoms with Crippen molar-refractivity contribution in [3.63, 3.8) is 0 Å². The quantitative estimate of drug-likeness (QED) is 0.682. The summed E-state index contributed by atoms with van der Waals surface area (Å²) in [5.41, 5.74) is 6.39.